The van der Waals surface area contributed by atoms with E-state index in [9.17, 15) is 5.21 Å². The average Bonchev–Trinajstić information content (AvgIpc) is 1.85. The molecule has 3 heteroatoms. The first-order chi connectivity index (χ1) is 4.72. The fraction of sp³-hybridized carbons (Fsp3) is 0.286. The van der Waals surface area contributed by atoms with Crippen LogP contribution >= 0.6 is 0 Å². The molecule has 0 unspecified atom stereocenters. The molecular formula is C7H9NO2. The molecule has 0 aliphatic rings. The van der Waals surface area contributed by atoms with Gasteiger partial charge in [-0.2, -0.15) is 4.73 Å². The van der Waals surface area contributed by atoms with Crippen molar-refractivity contribution in [3.8, 4) is 5.75 Å². The minimum Gasteiger partial charge on any atom is -0.619 e. The van der Waals surface area contributed by atoms with Crippen molar-refractivity contribution >= 4 is 0 Å². The molecule has 0 aliphatic carbocycles. The zero-order chi connectivity index (χ0) is 7.56. The Morgan fingerprint density at radius 1 is 1.50 bits per heavy atom. The first-order valence-corrected chi connectivity index (χ1v) is 2.97. The van der Waals surface area contributed by atoms with Gasteiger partial charge in [-0.15, -0.1) is 0 Å². The van der Waals surface area contributed by atoms with Gasteiger partial charge < -0.3 is 9.94 Å². The Morgan fingerprint density at radius 2 is 2.20 bits per heavy atom. The van der Waals surface area contributed by atoms with E-state index in [1.807, 2.05) is 6.92 Å². The average molecular weight is 139 g/mol. The SMILES string of the molecule is COc1cc(C)c[n+]([O-])c1. The van der Waals surface area contributed by atoms with Gasteiger partial charge in [-0.05, 0) is 13.0 Å². The second-order valence-corrected chi connectivity index (χ2v) is 2.11. The molecule has 0 amide bonds. The number of pyridine rings is 1. The molecule has 3 nitrogen and oxygen atoms in total. The molecule has 0 radical (unpaired) electrons. The molecule has 54 valence electrons. The smallest absolute Gasteiger partial charge is 0.222 e. The van der Waals surface area contributed by atoms with Crippen LogP contribution in [0.2, 0.25) is 0 Å². The molecule has 0 spiro atoms. The van der Waals surface area contributed by atoms with Crippen LogP contribution in [0.25, 0.3) is 0 Å². The number of ether oxygens (including phenoxy) is 1. The van der Waals surface area contributed by atoms with Gasteiger partial charge in [0, 0.05) is 5.56 Å². The Balaban J connectivity index is 3.06. The first-order valence-electron chi connectivity index (χ1n) is 2.97. The Hall–Kier alpha value is -1.25. The van der Waals surface area contributed by atoms with Gasteiger partial charge in [-0.1, -0.05) is 0 Å². The lowest BCUT2D eigenvalue weighted by Gasteiger charge is -2.00. The van der Waals surface area contributed by atoms with Gasteiger partial charge in [0.05, 0.1) is 7.11 Å². The summed E-state index contributed by atoms with van der Waals surface area (Å²) in [6.07, 6.45) is 2.87. The predicted octanol–water partition coefficient (Wildman–Crippen LogP) is 0.637. The van der Waals surface area contributed by atoms with Gasteiger partial charge in [0.1, 0.15) is 0 Å². The van der Waals surface area contributed by atoms with Crippen molar-refractivity contribution in [3.05, 3.63) is 29.2 Å². The van der Waals surface area contributed by atoms with Gasteiger partial charge in [0.15, 0.2) is 11.9 Å². The molecule has 10 heavy (non-hydrogen) atoms. The Bertz CT molecular complexity index is 215. The number of aromatic nitrogens is 1. The maximum Gasteiger partial charge on any atom is 0.222 e. The number of hydrogen-bond acceptors (Lipinski definition) is 2. The summed E-state index contributed by atoms with van der Waals surface area (Å²) in [4.78, 5) is 0. The third-order valence-electron chi connectivity index (χ3n) is 1.19. The van der Waals surface area contributed by atoms with Crippen LogP contribution in [0.1, 0.15) is 5.56 Å². The van der Waals surface area contributed by atoms with E-state index in [-0.39, 0.29) is 0 Å². The number of methoxy groups -OCH3 is 1. The third kappa shape index (κ3) is 1.37. The molecule has 0 N–H and O–H groups in total. The topological polar surface area (TPSA) is 36.2 Å². The van der Waals surface area contributed by atoms with Crippen molar-refractivity contribution in [1.29, 1.82) is 0 Å². The van der Waals surface area contributed by atoms with E-state index in [1.165, 1.54) is 19.5 Å². The van der Waals surface area contributed by atoms with Gasteiger partial charge in [0.25, 0.3) is 0 Å². The molecule has 0 saturated heterocycles. The number of hydrogen-bond donors (Lipinski definition) is 0. The molecule has 1 rings (SSSR count). The van der Waals surface area contributed by atoms with E-state index >= 15 is 0 Å². The number of nitrogens with zero attached hydrogens (tertiary/aromatic N) is 1. The van der Waals surface area contributed by atoms with Gasteiger partial charge in [-0.3, -0.25) is 0 Å². The minimum absolute atomic E-state index is 0.593. The van der Waals surface area contributed by atoms with Crippen LogP contribution in [0.15, 0.2) is 18.5 Å². The summed E-state index contributed by atoms with van der Waals surface area (Å²) >= 11 is 0. The summed E-state index contributed by atoms with van der Waals surface area (Å²) in [5.41, 5.74) is 0.898. The van der Waals surface area contributed by atoms with Crippen LogP contribution in [-0.4, -0.2) is 7.11 Å². The van der Waals surface area contributed by atoms with Crippen molar-refractivity contribution in [2.24, 2.45) is 0 Å². The predicted molar refractivity (Wildman–Crippen MR) is 36.7 cm³/mol. The van der Waals surface area contributed by atoms with E-state index in [2.05, 4.69) is 0 Å². The summed E-state index contributed by atoms with van der Waals surface area (Å²) in [6, 6.07) is 1.80. The molecule has 0 aromatic carbocycles. The lowest BCUT2D eigenvalue weighted by atomic mass is 10.3. The van der Waals surface area contributed by atoms with E-state index in [1.54, 1.807) is 6.07 Å². The lowest BCUT2D eigenvalue weighted by Crippen LogP contribution is -2.24. The highest BCUT2D eigenvalue weighted by molar-refractivity contribution is 5.19. The summed E-state index contributed by atoms with van der Waals surface area (Å²) in [5, 5.41) is 10.7. The van der Waals surface area contributed by atoms with E-state index in [0.29, 0.717) is 5.75 Å². The highest BCUT2D eigenvalue weighted by Gasteiger charge is 1.97. The molecule has 0 fully saturated rings. The third-order valence-corrected chi connectivity index (χ3v) is 1.19. The van der Waals surface area contributed by atoms with E-state index in [4.69, 9.17) is 4.74 Å². The largest absolute Gasteiger partial charge is 0.619 e. The molecular weight excluding hydrogens is 130 g/mol. The summed E-state index contributed by atoms with van der Waals surface area (Å²) in [5.74, 6) is 0.593. The normalized spacial score (nSPS) is 9.40. The van der Waals surface area contributed by atoms with Crippen LogP contribution in [0.3, 0.4) is 0 Å². The number of aryl methyl sites for hydroxylation is 1. The van der Waals surface area contributed by atoms with Crippen molar-refractivity contribution in [1.82, 2.24) is 0 Å². The summed E-state index contributed by atoms with van der Waals surface area (Å²) in [7, 11) is 1.54. The summed E-state index contributed by atoms with van der Waals surface area (Å²) in [6.45, 7) is 1.84. The van der Waals surface area contributed by atoms with Gasteiger partial charge >= 0.3 is 0 Å². The van der Waals surface area contributed by atoms with Crippen molar-refractivity contribution < 1.29 is 9.47 Å². The number of rotatable bonds is 1. The molecule has 1 heterocycles. The Morgan fingerprint density at radius 3 is 2.70 bits per heavy atom. The second-order valence-electron chi connectivity index (χ2n) is 2.11. The molecule has 0 saturated carbocycles. The fourth-order valence-electron chi connectivity index (χ4n) is 0.774. The lowest BCUT2D eigenvalue weighted by molar-refractivity contribution is -0.606. The van der Waals surface area contributed by atoms with E-state index < -0.39 is 0 Å². The van der Waals surface area contributed by atoms with Crippen molar-refractivity contribution in [2.45, 2.75) is 6.92 Å². The molecule has 1 aromatic rings. The van der Waals surface area contributed by atoms with Crippen molar-refractivity contribution in [3.63, 3.8) is 0 Å². The highest BCUT2D eigenvalue weighted by atomic mass is 16.5. The first kappa shape index (κ1) is 6.86. The molecule has 0 bridgehead atoms. The molecule has 1 aromatic heterocycles. The van der Waals surface area contributed by atoms with Crippen molar-refractivity contribution in [2.75, 3.05) is 7.11 Å². The second kappa shape index (κ2) is 2.56. The van der Waals surface area contributed by atoms with Crippen LogP contribution in [0.5, 0.6) is 5.75 Å². The zero-order valence-corrected chi connectivity index (χ0v) is 6.00. The quantitative estimate of drug-likeness (QED) is 0.422. The Kier molecular flexibility index (Phi) is 1.76. The monoisotopic (exact) mass is 139 g/mol. The van der Waals surface area contributed by atoms with Crippen LogP contribution in [-0.2, 0) is 0 Å². The van der Waals surface area contributed by atoms with Gasteiger partial charge in [-0.25, -0.2) is 0 Å². The maximum absolute atomic E-state index is 10.7. The fourth-order valence-corrected chi connectivity index (χ4v) is 0.774. The Labute approximate surface area is 59.5 Å². The van der Waals surface area contributed by atoms with Crippen LogP contribution in [0.4, 0.5) is 0 Å². The van der Waals surface area contributed by atoms with Crippen LogP contribution < -0.4 is 9.47 Å². The maximum atomic E-state index is 10.7. The molecule has 0 atom stereocenters. The highest BCUT2D eigenvalue weighted by Crippen LogP contribution is 2.06. The molecule has 0 aliphatic heterocycles. The standard InChI is InChI=1S/C7H9NO2/c1-6-3-7(10-2)5-8(9)4-6/h3-5H,1-2H3. The van der Waals surface area contributed by atoms with Crippen LogP contribution in [0, 0.1) is 12.1 Å². The van der Waals surface area contributed by atoms with Gasteiger partial charge in [0.2, 0.25) is 6.20 Å². The van der Waals surface area contributed by atoms with E-state index in [0.717, 1.165) is 10.3 Å². The zero-order valence-electron chi connectivity index (χ0n) is 6.00. The minimum atomic E-state index is 0.593. The summed E-state index contributed by atoms with van der Waals surface area (Å²) < 4.78 is 5.59.